The number of hydrogen-bond donors (Lipinski definition) is 0. The molecule has 0 unspecified atom stereocenters. The summed E-state index contributed by atoms with van der Waals surface area (Å²) in [4.78, 5) is 14.2. The topological polar surface area (TPSA) is 55.3 Å². The van der Waals surface area contributed by atoms with E-state index in [2.05, 4.69) is 17.1 Å². The Bertz CT molecular complexity index is 638. The maximum absolute atomic E-state index is 12.4. The Balaban J connectivity index is 2.21. The number of carbonyl (C=O) groups is 1. The number of ether oxygens (including phenoxy) is 1. The third-order valence-corrected chi connectivity index (χ3v) is 4.31. The molecule has 0 N–H and O–H groups in total. The monoisotopic (exact) mass is 333 g/mol. The molecule has 0 saturated heterocycles. The first kappa shape index (κ1) is 17.4. The molecule has 23 heavy (non-hydrogen) atoms. The third kappa shape index (κ3) is 4.51. The molecule has 0 radical (unpaired) electrons. The first-order chi connectivity index (χ1) is 11.0. The van der Waals surface area contributed by atoms with Gasteiger partial charge in [-0.25, -0.2) is 0 Å². The molecule has 1 heterocycles. The van der Waals surface area contributed by atoms with Crippen LogP contribution in [0.2, 0.25) is 0 Å². The van der Waals surface area contributed by atoms with Crippen LogP contribution in [0.5, 0.6) is 5.75 Å². The van der Waals surface area contributed by atoms with Gasteiger partial charge in [-0.05, 0) is 36.6 Å². The number of aromatic nitrogens is 2. The zero-order valence-electron chi connectivity index (χ0n) is 14.1. The highest BCUT2D eigenvalue weighted by Gasteiger charge is 2.20. The number of rotatable bonds is 7. The average Bonchev–Trinajstić information content (AvgIpc) is 3.01. The number of anilines is 1. The molecular formula is C17H23N3O2S. The summed E-state index contributed by atoms with van der Waals surface area (Å²) in [5, 5.41) is 9.94. The van der Waals surface area contributed by atoms with Crippen molar-refractivity contribution >= 4 is 22.4 Å². The third-order valence-electron chi connectivity index (χ3n) is 3.31. The lowest BCUT2D eigenvalue weighted by atomic mass is 10.1. The fraction of sp³-hybridized carbons (Fsp3) is 0.471. The number of nitrogens with zero attached hydrogens (tertiary/aromatic N) is 3. The van der Waals surface area contributed by atoms with Gasteiger partial charge in [-0.2, -0.15) is 0 Å². The van der Waals surface area contributed by atoms with Crippen LogP contribution in [-0.2, 0) is 4.79 Å². The van der Waals surface area contributed by atoms with Crippen LogP contribution in [0.1, 0.15) is 33.6 Å². The Labute approximate surface area is 141 Å². The van der Waals surface area contributed by atoms with Crippen LogP contribution in [-0.4, -0.2) is 29.8 Å². The summed E-state index contributed by atoms with van der Waals surface area (Å²) < 4.78 is 5.16. The van der Waals surface area contributed by atoms with Crippen LogP contribution in [0.15, 0.2) is 24.3 Å². The zero-order valence-corrected chi connectivity index (χ0v) is 14.9. The number of hydrogen-bond acceptors (Lipinski definition) is 5. The van der Waals surface area contributed by atoms with Crippen LogP contribution in [0.25, 0.3) is 10.6 Å². The SMILES string of the molecule is CCCN(C(=O)CC(C)C)c1nnc(-c2ccc(OC)cc2)s1. The summed E-state index contributed by atoms with van der Waals surface area (Å²) in [6.45, 7) is 6.82. The predicted octanol–water partition coefficient (Wildman–Crippen LogP) is 4.00. The summed E-state index contributed by atoms with van der Waals surface area (Å²) in [7, 11) is 1.64. The van der Waals surface area contributed by atoms with Crippen molar-refractivity contribution in [3.05, 3.63) is 24.3 Å². The van der Waals surface area contributed by atoms with Crippen LogP contribution < -0.4 is 9.64 Å². The Morgan fingerprint density at radius 3 is 2.52 bits per heavy atom. The molecule has 1 aromatic carbocycles. The van der Waals surface area contributed by atoms with Gasteiger partial charge in [0, 0.05) is 18.5 Å². The molecule has 124 valence electrons. The van der Waals surface area contributed by atoms with E-state index in [1.165, 1.54) is 11.3 Å². The second kappa shape index (κ2) is 8.06. The highest BCUT2D eigenvalue weighted by molar-refractivity contribution is 7.18. The normalized spacial score (nSPS) is 10.8. The van der Waals surface area contributed by atoms with Crippen LogP contribution >= 0.6 is 11.3 Å². The standard InChI is InChI=1S/C17H23N3O2S/c1-5-10-20(15(21)11-12(2)3)17-19-18-16(23-17)13-6-8-14(22-4)9-7-13/h6-9,12H,5,10-11H2,1-4H3. The van der Waals surface area contributed by atoms with Crippen molar-refractivity contribution in [2.24, 2.45) is 5.92 Å². The lowest BCUT2D eigenvalue weighted by Gasteiger charge is -2.19. The maximum atomic E-state index is 12.4. The van der Waals surface area contributed by atoms with Gasteiger partial charge in [0.15, 0.2) is 0 Å². The minimum absolute atomic E-state index is 0.110. The van der Waals surface area contributed by atoms with Gasteiger partial charge in [0.1, 0.15) is 10.8 Å². The molecule has 2 rings (SSSR count). The first-order valence-electron chi connectivity index (χ1n) is 7.83. The molecule has 0 spiro atoms. The van der Waals surface area contributed by atoms with Gasteiger partial charge in [0.05, 0.1) is 7.11 Å². The lowest BCUT2D eigenvalue weighted by molar-refractivity contribution is -0.119. The Morgan fingerprint density at radius 2 is 1.96 bits per heavy atom. The molecular weight excluding hydrogens is 310 g/mol. The molecule has 0 atom stereocenters. The van der Waals surface area contributed by atoms with Crippen molar-refractivity contribution in [3.63, 3.8) is 0 Å². The molecule has 0 aliphatic carbocycles. The molecule has 0 fully saturated rings. The predicted molar refractivity (Wildman–Crippen MR) is 94.0 cm³/mol. The van der Waals surface area contributed by atoms with E-state index in [1.807, 2.05) is 38.1 Å². The van der Waals surface area contributed by atoms with Crippen molar-refractivity contribution in [1.82, 2.24) is 10.2 Å². The largest absolute Gasteiger partial charge is 0.497 e. The van der Waals surface area contributed by atoms with Crippen molar-refractivity contribution in [1.29, 1.82) is 0 Å². The Hall–Kier alpha value is -1.95. The first-order valence-corrected chi connectivity index (χ1v) is 8.65. The van der Waals surface area contributed by atoms with E-state index in [0.717, 1.165) is 22.7 Å². The minimum atomic E-state index is 0.110. The molecule has 0 saturated carbocycles. The Morgan fingerprint density at radius 1 is 1.26 bits per heavy atom. The van der Waals surface area contributed by atoms with Gasteiger partial charge in [0.2, 0.25) is 11.0 Å². The lowest BCUT2D eigenvalue weighted by Crippen LogP contribution is -2.32. The summed E-state index contributed by atoms with van der Waals surface area (Å²) in [6.07, 6.45) is 1.42. The van der Waals surface area contributed by atoms with E-state index in [-0.39, 0.29) is 5.91 Å². The van der Waals surface area contributed by atoms with Crippen molar-refractivity contribution in [2.45, 2.75) is 33.6 Å². The molecule has 0 bridgehead atoms. The van der Waals surface area contributed by atoms with E-state index in [1.54, 1.807) is 12.0 Å². The second-order valence-corrected chi connectivity index (χ2v) is 6.72. The molecule has 0 aliphatic rings. The van der Waals surface area contributed by atoms with E-state index in [0.29, 0.717) is 24.0 Å². The molecule has 0 aliphatic heterocycles. The number of benzene rings is 1. The summed E-state index contributed by atoms with van der Waals surface area (Å²) in [6, 6.07) is 7.68. The molecule has 6 heteroatoms. The van der Waals surface area contributed by atoms with Gasteiger partial charge in [-0.3, -0.25) is 9.69 Å². The van der Waals surface area contributed by atoms with Crippen LogP contribution in [0.3, 0.4) is 0 Å². The van der Waals surface area contributed by atoms with E-state index in [9.17, 15) is 4.79 Å². The molecule has 2 aromatic rings. The second-order valence-electron chi connectivity index (χ2n) is 5.76. The van der Waals surface area contributed by atoms with Crippen LogP contribution in [0, 0.1) is 5.92 Å². The average molecular weight is 333 g/mol. The smallest absolute Gasteiger partial charge is 0.229 e. The number of carbonyl (C=O) groups excluding carboxylic acids is 1. The maximum Gasteiger partial charge on any atom is 0.229 e. The minimum Gasteiger partial charge on any atom is -0.497 e. The molecule has 5 nitrogen and oxygen atoms in total. The summed E-state index contributed by atoms with van der Waals surface area (Å²) in [5.41, 5.74) is 0.974. The molecule has 1 amide bonds. The van der Waals surface area contributed by atoms with Gasteiger partial charge in [0.25, 0.3) is 0 Å². The Kier molecular flexibility index (Phi) is 6.10. The summed E-state index contributed by atoms with van der Waals surface area (Å²) in [5.74, 6) is 1.24. The summed E-state index contributed by atoms with van der Waals surface area (Å²) >= 11 is 1.44. The number of amides is 1. The number of methoxy groups -OCH3 is 1. The van der Waals surface area contributed by atoms with Gasteiger partial charge < -0.3 is 4.74 Å². The van der Waals surface area contributed by atoms with Gasteiger partial charge in [-0.1, -0.05) is 32.1 Å². The quantitative estimate of drug-likeness (QED) is 0.768. The highest BCUT2D eigenvalue weighted by atomic mass is 32.1. The van der Waals surface area contributed by atoms with E-state index >= 15 is 0 Å². The van der Waals surface area contributed by atoms with Crippen molar-refractivity contribution < 1.29 is 9.53 Å². The van der Waals surface area contributed by atoms with Crippen LogP contribution in [0.4, 0.5) is 5.13 Å². The highest BCUT2D eigenvalue weighted by Crippen LogP contribution is 2.30. The van der Waals surface area contributed by atoms with E-state index < -0.39 is 0 Å². The van der Waals surface area contributed by atoms with Gasteiger partial charge >= 0.3 is 0 Å². The molecule has 1 aromatic heterocycles. The fourth-order valence-corrected chi connectivity index (χ4v) is 3.08. The fourth-order valence-electron chi connectivity index (χ4n) is 2.18. The van der Waals surface area contributed by atoms with Crippen molar-refractivity contribution in [3.8, 4) is 16.3 Å². The zero-order chi connectivity index (χ0) is 16.8. The van der Waals surface area contributed by atoms with Gasteiger partial charge in [-0.15, -0.1) is 10.2 Å². The van der Waals surface area contributed by atoms with Crippen molar-refractivity contribution in [2.75, 3.05) is 18.6 Å². The van der Waals surface area contributed by atoms with E-state index in [4.69, 9.17) is 4.74 Å².